The Morgan fingerprint density at radius 1 is 1.19 bits per heavy atom. The maximum atomic E-state index is 13.2. The second-order valence-corrected chi connectivity index (χ2v) is 7.48. The molecule has 27 heavy (non-hydrogen) atoms. The summed E-state index contributed by atoms with van der Waals surface area (Å²) in [7, 11) is 1.41. The lowest BCUT2D eigenvalue weighted by Gasteiger charge is -2.47. The van der Waals surface area contributed by atoms with Crippen LogP contribution in [0.1, 0.15) is 24.2 Å². The van der Waals surface area contributed by atoms with E-state index in [2.05, 4.69) is 0 Å². The molecule has 1 aromatic rings. The minimum atomic E-state index is -1.44. The third kappa shape index (κ3) is 2.06. The van der Waals surface area contributed by atoms with Gasteiger partial charge in [-0.15, -0.1) is 0 Å². The van der Waals surface area contributed by atoms with Crippen LogP contribution in [0.5, 0.6) is 0 Å². The number of benzene rings is 1. The number of piperazine rings is 1. The molecular weight excluding hydrogens is 353 g/mol. The first-order valence-electron chi connectivity index (χ1n) is 8.93. The highest BCUT2D eigenvalue weighted by Crippen LogP contribution is 2.52. The lowest BCUT2D eigenvalue weighted by atomic mass is 9.81. The van der Waals surface area contributed by atoms with Crippen LogP contribution in [0.3, 0.4) is 0 Å². The van der Waals surface area contributed by atoms with Crippen LogP contribution in [0.2, 0.25) is 0 Å². The van der Waals surface area contributed by atoms with E-state index >= 15 is 0 Å². The van der Waals surface area contributed by atoms with Crippen LogP contribution < -0.4 is 0 Å². The molecular formula is C19H20FN3O4. The SMILES string of the molecule is CCN1CC2C3C(=O)N(C)C(=O)C3[C@](C)(C1=O)N2C(=O)c1ccc(F)cc1. The number of likely N-dealkylation sites (N-methyl/N-ethyl adjacent to an activating group) is 1. The molecule has 2 bridgehead atoms. The summed E-state index contributed by atoms with van der Waals surface area (Å²) in [6.07, 6.45) is 0. The van der Waals surface area contributed by atoms with Gasteiger partial charge in [0.15, 0.2) is 0 Å². The number of halogens is 1. The fourth-order valence-corrected chi connectivity index (χ4v) is 4.89. The fourth-order valence-electron chi connectivity index (χ4n) is 4.89. The van der Waals surface area contributed by atoms with E-state index in [1.807, 2.05) is 6.92 Å². The number of hydrogen-bond acceptors (Lipinski definition) is 4. The summed E-state index contributed by atoms with van der Waals surface area (Å²) in [6.45, 7) is 4.03. The van der Waals surface area contributed by atoms with Crippen molar-refractivity contribution in [1.29, 1.82) is 0 Å². The molecule has 4 amide bonds. The highest BCUT2D eigenvalue weighted by Gasteiger charge is 2.73. The van der Waals surface area contributed by atoms with E-state index in [1.165, 1.54) is 36.2 Å². The molecule has 8 heteroatoms. The van der Waals surface area contributed by atoms with Crippen molar-refractivity contribution in [2.75, 3.05) is 20.1 Å². The second-order valence-electron chi connectivity index (χ2n) is 7.48. The molecule has 0 radical (unpaired) electrons. The molecule has 3 heterocycles. The largest absolute Gasteiger partial charge is 0.339 e. The first kappa shape index (κ1) is 17.6. The zero-order valence-corrected chi connectivity index (χ0v) is 15.3. The first-order chi connectivity index (χ1) is 12.7. The van der Waals surface area contributed by atoms with Gasteiger partial charge in [0, 0.05) is 25.7 Å². The third-order valence-corrected chi connectivity index (χ3v) is 6.24. The molecule has 0 aromatic heterocycles. The first-order valence-corrected chi connectivity index (χ1v) is 8.93. The average Bonchev–Trinajstić information content (AvgIpc) is 3.01. The molecule has 0 saturated carbocycles. The van der Waals surface area contributed by atoms with Gasteiger partial charge in [-0.1, -0.05) is 0 Å². The minimum absolute atomic E-state index is 0.200. The summed E-state index contributed by atoms with van der Waals surface area (Å²) in [5.41, 5.74) is -1.22. The van der Waals surface area contributed by atoms with Crippen molar-refractivity contribution >= 4 is 23.6 Å². The van der Waals surface area contributed by atoms with Gasteiger partial charge < -0.3 is 9.80 Å². The van der Waals surface area contributed by atoms with Gasteiger partial charge in [-0.3, -0.25) is 24.1 Å². The monoisotopic (exact) mass is 373 g/mol. The number of amides is 4. The number of fused-ring (bicyclic) bond motifs is 5. The Balaban J connectivity index is 1.85. The van der Waals surface area contributed by atoms with Gasteiger partial charge in [0.1, 0.15) is 11.4 Å². The fraction of sp³-hybridized carbons (Fsp3) is 0.474. The van der Waals surface area contributed by atoms with Gasteiger partial charge in [0.2, 0.25) is 17.7 Å². The predicted molar refractivity (Wildman–Crippen MR) is 91.8 cm³/mol. The normalized spacial score (nSPS) is 32.4. The van der Waals surface area contributed by atoms with E-state index in [-0.39, 0.29) is 23.9 Å². The number of rotatable bonds is 2. The van der Waals surface area contributed by atoms with Crippen LogP contribution in [0.15, 0.2) is 24.3 Å². The van der Waals surface area contributed by atoms with E-state index < -0.39 is 41.0 Å². The summed E-state index contributed by atoms with van der Waals surface area (Å²) in [5, 5.41) is 0. The molecule has 3 aliphatic heterocycles. The average molecular weight is 373 g/mol. The molecule has 3 fully saturated rings. The van der Waals surface area contributed by atoms with Crippen LogP contribution in [0.25, 0.3) is 0 Å². The van der Waals surface area contributed by atoms with Gasteiger partial charge in [0.25, 0.3) is 5.91 Å². The van der Waals surface area contributed by atoms with Gasteiger partial charge in [-0.05, 0) is 38.1 Å². The highest BCUT2D eigenvalue weighted by molar-refractivity contribution is 6.13. The van der Waals surface area contributed by atoms with E-state index in [4.69, 9.17) is 0 Å². The topological polar surface area (TPSA) is 78.0 Å². The number of carbonyl (C=O) groups excluding carboxylic acids is 4. The van der Waals surface area contributed by atoms with Crippen LogP contribution in [0, 0.1) is 17.7 Å². The quantitative estimate of drug-likeness (QED) is 0.708. The minimum Gasteiger partial charge on any atom is -0.339 e. The Bertz CT molecular complexity index is 870. The van der Waals surface area contributed by atoms with Gasteiger partial charge >= 0.3 is 0 Å². The third-order valence-electron chi connectivity index (χ3n) is 6.24. The smallest absolute Gasteiger partial charge is 0.255 e. The molecule has 4 rings (SSSR count). The molecule has 3 unspecified atom stereocenters. The summed E-state index contributed by atoms with van der Waals surface area (Å²) < 4.78 is 13.2. The van der Waals surface area contributed by atoms with E-state index in [9.17, 15) is 23.6 Å². The zero-order valence-electron chi connectivity index (χ0n) is 15.3. The molecule has 7 nitrogen and oxygen atoms in total. The van der Waals surface area contributed by atoms with E-state index in [1.54, 1.807) is 11.8 Å². The molecule has 4 atom stereocenters. The molecule has 3 aliphatic rings. The summed E-state index contributed by atoms with van der Waals surface area (Å²) >= 11 is 0. The van der Waals surface area contributed by atoms with Crippen molar-refractivity contribution in [2.45, 2.75) is 25.4 Å². The van der Waals surface area contributed by atoms with Gasteiger partial charge in [-0.25, -0.2) is 4.39 Å². The number of imide groups is 1. The summed E-state index contributed by atoms with van der Waals surface area (Å²) in [5.74, 6) is -3.70. The number of hydrogen-bond donors (Lipinski definition) is 0. The van der Waals surface area contributed by atoms with Gasteiger partial charge in [0.05, 0.1) is 17.9 Å². The molecule has 0 aliphatic carbocycles. The van der Waals surface area contributed by atoms with E-state index in [0.29, 0.717) is 6.54 Å². The van der Waals surface area contributed by atoms with Crippen LogP contribution in [-0.4, -0.2) is 70.0 Å². The number of likely N-dealkylation sites (tertiary alicyclic amines) is 2. The van der Waals surface area contributed by atoms with Crippen molar-refractivity contribution in [2.24, 2.45) is 11.8 Å². The zero-order chi connectivity index (χ0) is 19.7. The van der Waals surface area contributed by atoms with Crippen molar-refractivity contribution in [3.63, 3.8) is 0 Å². The maximum Gasteiger partial charge on any atom is 0.255 e. The summed E-state index contributed by atoms with van der Waals surface area (Å²) in [6, 6.07) is 4.46. The van der Waals surface area contributed by atoms with Crippen LogP contribution in [0.4, 0.5) is 4.39 Å². The lowest BCUT2D eigenvalue weighted by molar-refractivity contribution is -0.154. The standard InChI is InChI=1S/C19H20FN3O4/c1-4-22-9-12-13-14(17(26)21(3)16(13)25)19(2,18(22)27)23(12)15(24)10-5-7-11(20)8-6-10/h5-8,12-14H,4,9H2,1-3H3/t12?,13?,14?,19-/m1/s1. The number of carbonyl (C=O) groups is 4. The Hall–Kier alpha value is -2.77. The Labute approximate surface area is 155 Å². The highest BCUT2D eigenvalue weighted by atomic mass is 19.1. The van der Waals surface area contributed by atoms with Crippen LogP contribution in [-0.2, 0) is 14.4 Å². The number of nitrogens with zero attached hydrogens (tertiary/aromatic N) is 3. The molecule has 142 valence electrons. The van der Waals surface area contributed by atoms with Gasteiger partial charge in [-0.2, -0.15) is 0 Å². The van der Waals surface area contributed by atoms with Crippen molar-refractivity contribution in [3.05, 3.63) is 35.6 Å². The molecule has 1 aromatic carbocycles. The molecule has 0 spiro atoms. The van der Waals surface area contributed by atoms with Crippen molar-refractivity contribution in [1.82, 2.24) is 14.7 Å². The van der Waals surface area contributed by atoms with Crippen molar-refractivity contribution in [3.8, 4) is 0 Å². The Morgan fingerprint density at radius 3 is 2.41 bits per heavy atom. The van der Waals surface area contributed by atoms with Crippen molar-refractivity contribution < 1.29 is 23.6 Å². The predicted octanol–water partition coefficient (Wildman–Crippen LogP) is 0.502. The Kier molecular flexibility index (Phi) is 3.66. The Morgan fingerprint density at radius 2 is 1.81 bits per heavy atom. The van der Waals surface area contributed by atoms with Crippen LogP contribution >= 0.6 is 0 Å². The van der Waals surface area contributed by atoms with E-state index in [0.717, 1.165) is 4.90 Å². The second kappa shape index (κ2) is 5.61. The maximum absolute atomic E-state index is 13.2. The molecule has 0 N–H and O–H groups in total. The lowest BCUT2D eigenvalue weighted by Crippen LogP contribution is -2.68. The molecule has 3 saturated heterocycles. The summed E-state index contributed by atoms with van der Waals surface area (Å²) in [4.78, 5) is 56.0.